The number of benzene rings is 1. The van der Waals surface area contributed by atoms with Crippen molar-refractivity contribution < 1.29 is 9.90 Å². The summed E-state index contributed by atoms with van der Waals surface area (Å²) in [5.74, 6) is 0. The van der Waals surface area contributed by atoms with Crippen LogP contribution in [0.2, 0.25) is 5.02 Å². The number of anilines is 1. The van der Waals surface area contributed by atoms with Crippen LogP contribution in [0.25, 0.3) is 0 Å². The van der Waals surface area contributed by atoms with E-state index in [9.17, 15) is 9.90 Å². The monoisotopic (exact) mass is 322 g/mol. The maximum atomic E-state index is 11.8. The summed E-state index contributed by atoms with van der Waals surface area (Å²) in [5.41, 5.74) is 1.31. The lowest BCUT2D eigenvalue weighted by Crippen LogP contribution is -2.32. The Morgan fingerprint density at radius 3 is 2.82 bits per heavy atom. The number of carbonyl (C=O) groups excluding carboxylic acids is 1. The number of urea groups is 1. The summed E-state index contributed by atoms with van der Waals surface area (Å²) in [7, 11) is 0. The van der Waals surface area contributed by atoms with Crippen molar-refractivity contribution in [3.63, 3.8) is 0 Å². The minimum Gasteiger partial charge on any atom is -0.387 e. The normalized spacial score (nSPS) is 12.0. The molecule has 118 valence electrons. The molecule has 2 aromatic rings. The van der Waals surface area contributed by atoms with Crippen molar-refractivity contribution in [1.29, 1.82) is 0 Å². The number of halogens is 1. The third-order valence-electron chi connectivity index (χ3n) is 3.05. The maximum Gasteiger partial charge on any atom is 0.319 e. The molecule has 0 fully saturated rings. The first kappa shape index (κ1) is 16.3. The fraction of sp³-hybridized carbons (Fsp3) is 0.333. The topological polar surface area (TPSA) is 79.2 Å². The van der Waals surface area contributed by atoms with Crippen molar-refractivity contribution in [2.45, 2.75) is 26.0 Å². The molecule has 1 unspecified atom stereocenters. The van der Waals surface area contributed by atoms with E-state index >= 15 is 0 Å². The van der Waals surface area contributed by atoms with E-state index in [4.69, 9.17) is 11.6 Å². The summed E-state index contributed by atoms with van der Waals surface area (Å²) in [6.45, 7) is 2.97. The van der Waals surface area contributed by atoms with Crippen molar-refractivity contribution >= 4 is 23.3 Å². The first-order valence-corrected chi connectivity index (χ1v) is 7.47. The van der Waals surface area contributed by atoms with E-state index in [1.807, 2.05) is 0 Å². The van der Waals surface area contributed by atoms with Gasteiger partial charge in [-0.15, -0.1) is 0 Å². The number of rotatable bonds is 6. The van der Waals surface area contributed by atoms with Crippen LogP contribution >= 0.6 is 11.6 Å². The highest BCUT2D eigenvalue weighted by molar-refractivity contribution is 6.30. The molecule has 0 saturated heterocycles. The van der Waals surface area contributed by atoms with Crippen LogP contribution in [-0.2, 0) is 6.54 Å². The lowest BCUT2D eigenvalue weighted by atomic mass is 10.1. The van der Waals surface area contributed by atoms with Gasteiger partial charge < -0.3 is 15.7 Å². The molecule has 1 atom stereocenters. The summed E-state index contributed by atoms with van der Waals surface area (Å²) in [4.78, 5) is 11.8. The van der Waals surface area contributed by atoms with Crippen LogP contribution in [0.5, 0.6) is 0 Å². The van der Waals surface area contributed by atoms with E-state index in [1.165, 1.54) is 0 Å². The molecule has 1 aromatic carbocycles. The minimum absolute atomic E-state index is 0.108. The number of aromatic nitrogens is 2. The van der Waals surface area contributed by atoms with E-state index in [1.54, 1.807) is 41.3 Å². The Hall–Kier alpha value is -2.05. The second-order valence-electron chi connectivity index (χ2n) is 4.89. The van der Waals surface area contributed by atoms with Gasteiger partial charge in [0.2, 0.25) is 0 Å². The number of hydrogen-bond acceptors (Lipinski definition) is 3. The molecule has 0 spiro atoms. The van der Waals surface area contributed by atoms with Crippen LogP contribution in [0.1, 0.15) is 25.0 Å². The molecule has 2 amide bonds. The van der Waals surface area contributed by atoms with Gasteiger partial charge in [0.05, 0.1) is 18.0 Å². The molecule has 0 aliphatic rings. The number of nitrogens with zero attached hydrogens (tertiary/aromatic N) is 2. The molecule has 3 N–H and O–H groups in total. The maximum absolute atomic E-state index is 11.8. The SMILES string of the molecule is CCCn1cc(NC(=O)NCC(O)c2ccc(Cl)cc2)cn1. The van der Waals surface area contributed by atoms with Crippen LogP contribution in [0.15, 0.2) is 36.7 Å². The number of amides is 2. The van der Waals surface area contributed by atoms with Crippen molar-refractivity contribution in [3.8, 4) is 0 Å². The van der Waals surface area contributed by atoms with Crippen molar-refractivity contribution in [2.75, 3.05) is 11.9 Å². The predicted molar refractivity (Wildman–Crippen MR) is 86.0 cm³/mol. The first-order valence-electron chi connectivity index (χ1n) is 7.09. The Bertz CT molecular complexity index is 612. The van der Waals surface area contributed by atoms with Crippen LogP contribution in [-0.4, -0.2) is 27.5 Å². The summed E-state index contributed by atoms with van der Waals surface area (Å²) in [5, 5.41) is 20.0. The number of carbonyl (C=O) groups is 1. The molecule has 22 heavy (non-hydrogen) atoms. The van der Waals surface area contributed by atoms with Gasteiger partial charge in [-0.3, -0.25) is 4.68 Å². The van der Waals surface area contributed by atoms with Gasteiger partial charge in [-0.2, -0.15) is 5.10 Å². The molecular formula is C15H19ClN4O2. The molecule has 0 saturated carbocycles. The van der Waals surface area contributed by atoms with Gasteiger partial charge in [0.25, 0.3) is 0 Å². The minimum atomic E-state index is -0.786. The summed E-state index contributed by atoms with van der Waals surface area (Å²) in [6, 6.07) is 6.46. The van der Waals surface area contributed by atoms with E-state index in [-0.39, 0.29) is 12.6 Å². The third-order valence-corrected chi connectivity index (χ3v) is 3.31. The average molecular weight is 323 g/mol. The van der Waals surface area contributed by atoms with Gasteiger partial charge in [0, 0.05) is 24.3 Å². The Labute approximate surface area is 134 Å². The van der Waals surface area contributed by atoms with Crippen molar-refractivity contribution in [1.82, 2.24) is 15.1 Å². The van der Waals surface area contributed by atoms with Crippen molar-refractivity contribution in [3.05, 3.63) is 47.2 Å². The van der Waals surface area contributed by atoms with Gasteiger partial charge in [-0.05, 0) is 24.1 Å². The molecule has 6 nitrogen and oxygen atoms in total. The Balaban J connectivity index is 1.80. The molecular weight excluding hydrogens is 304 g/mol. The van der Waals surface area contributed by atoms with Crippen LogP contribution in [0.3, 0.4) is 0 Å². The molecule has 0 radical (unpaired) electrons. The van der Waals surface area contributed by atoms with Crippen LogP contribution < -0.4 is 10.6 Å². The highest BCUT2D eigenvalue weighted by Gasteiger charge is 2.10. The average Bonchev–Trinajstić information content (AvgIpc) is 2.93. The number of nitrogens with one attached hydrogen (secondary N) is 2. The van der Waals surface area contributed by atoms with Gasteiger partial charge in [0.1, 0.15) is 0 Å². The summed E-state index contributed by atoms with van der Waals surface area (Å²) in [6.07, 6.45) is 3.54. The molecule has 7 heteroatoms. The smallest absolute Gasteiger partial charge is 0.319 e. The second kappa shape index (κ2) is 7.82. The second-order valence-corrected chi connectivity index (χ2v) is 5.33. The largest absolute Gasteiger partial charge is 0.387 e. The Kier molecular flexibility index (Phi) is 5.80. The fourth-order valence-electron chi connectivity index (χ4n) is 1.95. The highest BCUT2D eigenvalue weighted by Crippen LogP contribution is 2.15. The molecule has 1 aromatic heterocycles. The molecule has 1 heterocycles. The summed E-state index contributed by atoms with van der Waals surface area (Å²) < 4.78 is 1.76. The van der Waals surface area contributed by atoms with E-state index < -0.39 is 6.10 Å². The Morgan fingerprint density at radius 2 is 2.14 bits per heavy atom. The zero-order valence-corrected chi connectivity index (χ0v) is 13.0. The molecule has 0 aliphatic heterocycles. The predicted octanol–water partition coefficient (Wildman–Crippen LogP) is 2.80. The quantitative estimate of drug-likeness (QED) is 0.765. The molecule has 0 bridgehead atoms. The fourth-order valence-corrected chi connectivity index (χ4v) is 2.07. The van der Waals surface area contributed by atoms with Crippen LogP contribution in [0, 0.1) is 0 Å². The van der Waals surface area contributed by atoms with E-state index in [0.29, 0.717) is 16.3 Å². The third kappa shape index (κ3) is 4.75. The first-order chi connectivity index (χ1) is 10.6. The number of aliphatic hydroxyl groups excluding tert-OH is 1. The highest BCUT2D eigenvalue weighted by atomic mass is 35.5. The molecule has 0 aliphatic carbocycles. The number of hydrogen-bond donors (Lipinski definition) is 3. The zero-order chi connectivity index (χ0) is 15.9. The standard InChI is InChI=1S/C15H19ClN4O2/c1-2-7-20-10-13(8-18-20)19-15(22)17-9-14(21)11-3-5-12(16)6-4-11/h3-6,8,10,14,21H,2,7,9H2,1H3,(H2,17,19,22). The zero-order valence-electron chi connectivity index (χ0n) is 12.3. The summed E-state index contributed by atoms with van der Waals surface area (Å²) >= 11 is 5.79. The van der Waals surface area contributed by atoms with Gasteiger partial charge >= 0.3 is 6.03 Å². The lowest BCUT2D eigenvalue weighted by molar-refractivity contribution is 0.175. The van der Waals surface area contributed by atoms with Gasteiger partial charge in [-0.1, -0.05) is 30.7 Å². The number of aliphatic hydroxyl groups is 1. The Morgan fingerprint density at radius 1 is 1.41 bits per heavy atom. The lowest BCUT2D eigenvalue weighted by Gasteiger charge is -2.12. The molecule has 2 rings (SSSR count). The van der Waals surface area contributed by atoms with Crippen LogP contribution in [0.4, 0.5) is 10.5 Å². The van der Waals surface area contributed by atoms with E-state index in [0.717, 1.165) is 13.0 Å². The van der Waals surface area contributed by atoms with Gasteiger partial charge in [0.15, 0.2) is 0 Å². The number of aryl methyl sites for hydroxylation is 1. The van der Waals surface area contributed by atoms with E-state index in [2.05, 4.69) is 22.7 Å². The van der Waals surface area contributed by atoms with Crippen molar-refractivity contribution in [2.24, 2.45) is 0 Å². The van der Waals surface area contributed by atoms with Gasteiger partial charge in [-0.25, -0.2) is 4.79 Å².